The normalized spacial score (nSPS) is 27.2. The first kappa shape index (κ1) is 7.28. The van der Waals surface area contributed by atoms with E-state index in [2.05, 4.69) is 16.6 Å². The average Bonchev–Trinajstić information content (AvgIpc) is 2.29. The Labute approximate surface area is 70.8 Å². The largest absolute Gasteiger partial charge is 0.273 e. The van der Waals surface area contributed by atoms with Crippen LogP contribution in [0.4, 0.5) is 0 Å². The number of allylic oxidation sites excluding steroid dienone is 4. The summed E-state index contributed by atoms with van der Waals surface area (Å²) < 4.78 is 0. The summed E-state index contributed by atoms with van der Waals surface area (Å²) in [5.74, 6) is 0.340. The smallest absolute Gasteiger partial charge is 0.240 e. The highest BCUT2D eigenvalue weighted by atomic mass is 16.2. The van der Waals surface area contributed by atoms with Gasteiger partial charge in [0, 0.05) is 12.3 Å². The summed E-state index contributed by atoms with van der Waals surface area (Å²) in [6.07, 6.45) is 9.39. The van der Waals surface area contributed by atoms with E-state index in [9.17, 15) is 4.79 Å². The van der Waals surface area contributed by atoms with E-state index in [0.29, 0.717) is 12.3 Å². The summed E-state index contributed by atoms with van der Waals surface area (Å²) in [5, 5.41) is 4.01. The van der Waals surface area contributed by atoms with Crippen LogP contribution in [0.3, 0.4) is 0 Å². The summed E-state index contributed by atoms with van der Waals surface area (Å²) in [6, 6.07) is 0. The van der Waals surface area contributed by atoms with Crippen molar-refractivity contribution in [2.45, 2.75) is 12.8 Å². The fourth-order valence-corrected chi connectivity index (χ4v) is 1.41. The second kappa shape index (κ2) is 2.93. The van der Waals surface area contributed by atoms with Gasteiger partial charge in [-0.25, -0.2) is 5.43 Å². The molecular weight excluding hydrogens is 152 g/mol. The van der Waals surface area contributed by atoms with Crippen molar-refractivity contribution in [3.63, 3.8) is 0 Å². The molecule has 3 nitrogen and oxygen atoms in total. The first-order valence-electron chi connectivity index (χ1n) is 4.07. The van der Waals surface area contributed by atoms with E-state index >= 15 is 0 Å². The molecule has 0 fully saturated rings. The van der Waals surface area contributed by atoms with Crippen molar-refractivity contribution in [1.82, 2.24) is 5.43 Å². The van der Waals surface area contributed by atoms with Crippen LogP contribution in [0.15, 0.2) is 29.4 Å². The van der Waals surface area contributed by atoms with Gasteiger partial charge < -0.3 is 0 Å². The number of hydrogen-bond acceptors (Lipinski definition) is 2. The van der Waals surface area contributed by atoms with E-state index in [4.69, 9.17) is 0 Å². The summed E-state index contributed by atoms with van der Waals surface area (Å²) in [5.41, 5.74) is 3.47. The molecule has 12 heavy (non-hydrogen) atoms. The Kier molecular flexibility index (Phi) is 1.78. The molecule has 3 heteroatoms. The maximum Gasteiger partial charge on any atom is 0.240 e. The van der Waals surface area contributed by atoms with Crippen molar-refractivity contribution in [1.29, 1.82) is 0 Å². The lowest BCUT2D eigenvalue weighted by molar-refractivity contribution is -0.121. The predicted molar refractivity (Wildman–Crippen MR) is 46.6 cm³/mol. The van der Waals surface area contributed by atoms with Crippen molar-refractivity contribution in [3.05, 3.63) is 24.3 Å². The molecule has 0 saturated carbocycles. The van der Waals surface area contributed by atoms with Gasteiger partial charge >= 0.3 is 0 Å². The molecule has 2 aliphatic rings. The molecule has 1 aliphatic heterocycles. The number of nitrogens with one attached hydrogen (secondary N) is 1. The molecule has 1 amide bonds. The summed E-state index contributed by atoms with van der Waals surface area (Å²) >= 11 is 0. The van der Waals surface area contributed by atoms with Gasteiger partial charge in [-0.15, -0.1) is 0 Å². The van der Waals surface area contributed by atoms with E-state index in [-0.39, 0.29) is 5.91 Å². The number of carbonyl (C=O) groups is 1. The van der Waals surface area contributed by atoms with Crippen LogP contribution in [-0.2, 0) is 4.79 Å². The molecular formula is C9H10N2O. The first-order chi connectivity index (χ1) is 5.86. The van der Waals surface area contributed by atoms with Crippen LogP contribution in [0.5, 0.6) is 0 Å². The van der Waals surface area contributed by atoms with Crippen molar-refractivity contribution >= 4 is 11.6 Å². The van der Waals surface area contributed by atoms with E-state index in [0.717, 1.165) is 12.1 Å². The maximum absolute atomic E-state index is 11.0. The fourth-order valence-electron chi connectivity index (χ4n) is 1.41. The van der Waals surface area contributed by atoms with Crippen molar-refractivity contribution < 1.29 is 4.79 Å². The van der Waals surface area contributed by atoms with Crippen LogP contribution in [0.2, 0.25) is 0 Å². The molecule has 1 atom stereocenters. The molecule has 0 aromatic rings. The molecule has 0 aromatic carbocycles. The summed E-state index contributed by atoms with van der Waals surface area (Å²) in [7, 11) is 0. The number of carbonyl (C=O) groups excluding carboxylic acids is 1. The number of amides is 1. The highest BCUT2D eigenvalue weighted by Gasteiger charge is 2.17. The third-order valence-corrected chi connectivity index (χ3v) is 2.09. The van der Waals surface area contributed by atoms with Crippen LogP contribution < -0.4 is 5.43 Å². The molecule has 0 saturated heterocycles. The number of hydrazone groups is 1. The molecule has 0 radical (unpaired) electrons. The Morgan fingerprint density at radius 2 is 2.42 bits per heavy atom. The molecule has 0 bridgehead atoms. The van der Waals surface area contributed by atoms with Gasteiger partial charge in [-0.05, 0) is 12.5 Å². The van der Waals surface area contributed by atoms with Crippen LogP contribution in [0.1, 0.15) is 12.8 Å². The summed E-state index contributed by atoms with van der Waals surface area (Å²) in [6.45, 7) is 0. The Bertz CT molecular complexity index is 289. The molecule has 2 rings (SSSR count). The quantitative estimate of drug-likeness (QED) is 0.567. The number of fused-ring (bicyclic) bond motifs is 1. The highest BCUT2D eigenvalue weighted by molar-refractivity contribution is 6.00. The van der Waals surface area contributed by atoms with Gasteiger partial charge in [-0.1, -0.05) is 18.2 Å². The van der Waals surface area contributed by atoms with Crippen molar-refractivity contribution in [2.75, 3.05) is 0 Å². The van der Waals surface area contributed by atoms with E-state index in [1.807, 2.05) is 18.2 Å². The minimum atomic E-state index is 0.0127. The number of hydrogen-bond donors (Lipinski definition) is 1. The molecule has 0 aromatic heterocycles. The summed E-state index contributed by atoms with van der Waals surface area (Å²) in [4.78, 5) is 11.0. The fraction of sp³-hybridized carbons (Fsp3) is 0.333. The molecule has 1 heterocycles. The first-order valence-corrected chi connectivity index (χ1v) is 4.07. The standard InChI is InChI=1S/C9H10N2O/c12-9-6-5-7-3-1-2-4-8(7)10-11-9/h1-4,7H,5-6H2,(H,11,12). The highest BCUT2D eigenvalue weighted by Crippen LogP contribution is 2.17. The van der Waals surface area contributed by atoms with Gasteiger partial charge in [0.05, 0.1) is 5.71 Å². The van der Waals surface area contributed by atoms with Crippen LogP contribution in [-0.4, -0.2) is 11.6 Å². The minimum absolute atomic E-state index is 0.0127. The van der Waals surface area contributed by atoms with Gasteiger partial charge in [0.25, 0.3) is 0 Å². The van der Waals surface area contributed by atoms with E-state index in [1.165, 1.54) is 0 Å². The molecule has 0 spiro atoms. The zero-order valence-electron chi connectivity index (χ0n) is 6.66. The lowest BCUT2D eigenvalue weighted by Crippen LogP contribution is -2.15. The van der Waals surface area contributed by atoms with Gasteiger partial charge in [0.15, 0.2) is 0 Å². The Morgan fingerprint density at radius 3 is 3.33 bits per heavy atom. The molecule has 1 N–H and O–H groups in total. The van der Waals surface area contributed by atoms with Crippen LogP contribution >= 0.6 is 0 Å². The Balaban J connectivity index is 2.24. The lowest BCUT2D eigenvalue weighted by Gasteiger charge is -2.10. The van der Waals surface area contributed by atoms with Crippen molar-refractivity contribution in [3.8, 4) is 0 Å². The van der Waals surface area contributed by atoms with Crippen LogP contribution in [0.25, 0.3) is 0 Å². The lowest BCUT2D eigenvalue weighted by atomic mass is 9.94. The SMILES string of the molecule is O=C1CCC2C=CC=CC2=NN1. The van der Waals surface area contributed by atoms with Gasteiger partial charge in [0.2, 0.25) is 5.91 Å². The number of nitrogens with zero attached hydrogens (tertiary/aromatic N) is 1. The second-order valence-corrected chi connectivity index (χ2v) is 2.96. The number of rotatable bonds is 0. The van der Waals surface area contributed by atoms with Crippen molar-refractivity contribution in [2.24, 2.45) is 11.0 Å². The van der Waals surface area contributed by atoms with Crippen LogP contribution in [0, 0.1) is 5.92 Å². The maximum atomic E-state index is 11.0. The van der Waals surface area contributed by atoms with E-state index in [1.54, 1.807) is 0 Å². The van der Waals surface area contributed by atoms with E-state index < -0.39 is 0 Å². The monoisotopic (exact) mass is 162 g/mol. The van der Waals surface area contributed by atoms with Gasteiger partial charge in [-0.2, -0.15) is 5.10 Å². The third-order valence-electron chi connectivity index (χ3n) is 2.09. The molecule has 62 valence electrons. The van der Waals surface area contributed by atoms with Gasteiger partial charge in [0.1, 0.15) is 0 Å². The zero-order valence-corrected chi connectivity index (χ0v) is 6.66. The Hall–Kier alpha value is -1.38. The Morgan fingerprint density at radius 1 is 1.50 bits per heavy atom. The molecule has 1 aliphatic carbocycles. The third kappa shape index (κ3) is 1.30. The predicted octanol–water partition coefficient (Wildman–Crippen LogP) is 0.995. The topological polar surface area (TPSA) is 41.5 Å². The molecule has 1 unspecified atom stereocenters. The zero-order chi connectivity index (χ0) is 8.39. The second-order valence-electron chi connectivity index (χ2n) is 2.96. The minimum Gasteiger partial charge on any atom is -0.273 e. The van der Waals surface area contributed by atoms with Gasteiger partial charge in [-0.3, -0.25) is 4.79 Å². The average molecular weight is 162 g/mol.